The number of benzene rings is 1. The van der Waals surface area contributed by atoms with E-state index in [1.54, 1.807) is 19.1 Å². The molecule has 1 aromatic carbocycles. The fourth-order valence-corrected chi connectivity index (χ4v) is 1.05. The lowest BCUT2D eigenvalue weighted by molar-refractivity contribution is -0.139. The summed E-state index contributed by atoms with van der Waals surface area (Å²) in [7, 11) is 0. The number of aryl methyl sites for hydroxylation is 1. The fourth-order valence-electron chi connectivity index (χ4n) is 1.05. The van der Waals surface area contributed by atoms with Crippen LogP contribution in [-0.2, 0) is 0 Å². The van der Waals surface area contributed by atoms with E-state index in [0.29, 0.717) is 11.4 Å². The van der Waals surface area contributed by atoms with Crippen LogP contribution in [0.15, 0.2) is 18.2 Å². The lowest BCUT2D eigenvalue weighted by Gasteiger charge is -2.11. The smallest absolute Gasteiger partial charge is 0.392 e. The number of nitrogens with two attached hydrogens (primary N) is 1. The van der Waals surface area contributed by atoms with Gasteiger partial charge in [-0.25, -0.2) is 0 Å². The van der Waals surface area contributed by atoms with Gasteiger partial charge in [0.05, 0.1) is 13.0 Å². The van der Waals surface area contributed by atoms with E-state index < -0.39 is 12.6 Å². The van der Waals surface area contributed by atoms with Crippen LogP contribution in [0.2, 0.25) is 0 Å². The SMILES string of the molecule is Cc1ccc(N)cc1OCCC(F)(F)F. The molecule has 0 bridgehead atoms. The van der Waals surface area contributed by atoms with Crippen molar-refractivity contribution >= 4 is 5.69 Å². The summed E-state index contributed by atoms with van der Waals surface area (Å²) < 4.78 is 40.5. The van der Waals surface area contributed by atoms with Crippen LogP contribution in [0.25, 0.3) is 0 Å². The summed E-state index contributed by atoms with van der Waals surface area (Å²) in [6.45, 7) is 1.37. The molecule has 0 amide bonds. The van der Waals surface area contributed by atoms with Gasteiger partial charge in [0.2, 0.25) is 0 Å². The molecule has 0 heterocycles. The Labute approximate surface area is 85.8 Å². The van der Waals surface area contributed by atoms with Gasteiger partial charge in [0.1, 0.15) is 5.75 Å². The zero-order valence-corrected chi connectivity index (χ0v) is 8.27. The molecule has 2 N–H and O–H groups in total. The van der Waals surface area contributed by atoms with Crippen LogP contribution >= 0.6 is 0 Å². The van der Waals surface area contributed by atoms with Crippen molar-refractivity contribution in [3.05, 3.63) is 23.8 Å². The maximum Gasteiger partial charge on any atom is 0.392 e. The number of ether oxygens (including phenoxy) is 1. The molecule has 1 aromatic rings. The van der Waals surface area contributed by atoms with E-state index in [1.165, 1.54) is 6.07 Å². The van der Waals surface area contributed by atoms with Crippen molar-refractivity contribution in [2.24, 2.45) is 0 Å². The van der Waals surface area contributed by atoms with E-state index in [0.717, 1.165) is 5.56 Å². The molecule has 0 aromatic heterocycles. The summed E-state index contributed by atoms with van der Waals surface area (Å²) in [4.78, 5) is 0. The van der Waals surface area contributed by atoms with Gasteiger partial charge in [0, 0.05) is 11.8 Å². The van der Waals surface area contributed by atoms with Crippen molar-refractivity contribution in [3.8, 4) is 5.75 Å². The average Bonchev–Trinajstić information content (AvgIpc) is 2.09. The lowest BCUT2D eigenvalue weighted by atomic mass is 10.2. The van der Waals surface area contributed by atoms with Crippen LogP contribution in [0.4, 0.5) is 18.9 Å². The van der Waals surface area contributed by atoms with Crippen LogP contribution < -0.4 is 10.5 Å². The van der Waals surface area contributed by atoms with E-state index in [4.69, 9.17) is 10.5 Å². The third-order valence-corrected chi connectivity index (χ3v) is 1.86. The molecule has 0 aliphatic rings. The first-order chi connectivity index (χ1) is 6.88. The predicted octanol–water partition coefficient (Wildman–Crippen LogP) is 2.91. The molecule has 0 fully saturated rings. The van der Waals surface area contributed by atoms with Crippen molar-refractivity contribution < 1.29 is 17.9 Å². The Morgan fingerprint density at radius 2 is 2.00 bits per heavy atom. The van der Waals surface area contributed by atoms with Gasteiger partial charge in [0.15, 0.2) is 0 Å². The van der Waals surface area contributed by atoms with Gasteiger partial charge in [-0.15, -0.1) is 0 Å². The molecule has 5 heteroatoms. The fraction of sp³-hybridized carbons (Fsp3) is 0.400. The summed E-state index contributed by atoms with van der Waals surface area (Å²) in [6, 6.07) is 4.90. The number of nitrogen functional groups attached to an aromatic ring is 1. The van der Waals surface area contributed by atoms with Gasteiger partial charge in [-0.1, -0.05) is 6.07 Å². The van der Waals surface area contributed by atoms with Crippen molar-refractivity contribution in [3.63, 3.8) is 0 Å². The Hall–Kier alpha value is -1.39. The highest BCUT2D eigenvalue weighted by atomic mass is 19.4. The second-order valence-electron chi connectivity index (χ2n) is 3.24. The van der Waals surface area contributed by atoms with Gasteiger partial charge in [-0.05, 0) is 18.6 Å². The van der Waals surface area contributed by atoms with Crippen molar-refractivity contribution in [2.45, 2.75) is 19.5 Å². The minimum absolute atomic E-state index is 0.381. The minimum Gasteiger partial charge on any atom is -0.493 e. The van der Waals surface area contributed by atoms with Gasteiger partial charge in [0.25, 0.3) is 0 Å². The van der Waals surface area contributed by atoms with Gasteiger partial charge < -0.3 is 10.5 Å². The maximum atomic E-state index is 11.8. The maximum absolute atomic E-state index is 11.8. The first-order valence-electron chi connectivity index (χ1n) is 4.44. The molecular weight excluding hydrogens is 207 g/mol. The van der Waals surface area contributed by atoms with E-state index in [9.17, 15) is 13.2 Å². The molecular formula is C10H12F3NO. The quantitative estimate of drug-likeness (QED) is 0.793. The molecule has 0 radical (unpaired) electrons. The predicted molar refractivity (Wildman–Crippen MR) is 51.8 cm³/mol. The Morgan fingerprint density at radius 1 is 1.33 bits per heavy atom. The van der Waals surface area contributed by atoms with Crippen LogP contribution in [0, 0.1) is 6.92 Å². The van der Waals surface area contributed by atoms with Gasteiger partial charge in [-0.3, -0.25) is 0 Å². The number of anilines is 1. The zero-order valence-electron chi connectivity index (χ0n) is 8.27. The Bertz CT molecular complexity index is 336. The highest BCUT2D eigenvalue weighted by Gasteiger charge is 2.26. The summed E-state index contributed by atoms with van der Waals surface area (Å²) >= 11 is 0. The van der Waals surface area contributed by atoms with Crippen molar-refractivity contribution in [1.82, 2.24) is 0 Å². The molecule has 2 nitrogen and oxygen atoms in total. The summed E-state index contributed by atoms with van der Waals surface area (Å²) in [6.07, 6.45) is -5.14. The number of hydrogen-bond donors (Lipinski definition) is 1. The van der Waals surface area contributed by atoms with Crippen LogP contribution in [0.1, 0.15) is 12.0 Å². The lowest BCUT2D eigenvalue weighted by Crippen LogP contribution is -2.13. The third-order valence-electron chi connectivity index (χ3n) is 1.86. The van der Waals surface area contributed by atoms with E-state index in [1.807, 2.05) is 0 Å². The molecule has 0 unspecified atom stereocenters. The largest absolute Gasteiger partial charge is 0.493 e. The number of hydrogen-bond acceptors (Lipinski definition) is 2. The molecule has 15 heavy (non-hydrogen) atoms. The Balaban J connectivity index is 2.54. The van der Waals surface area contributed by atoms with Gasteiger partial charge in [-0.2, -0.15) is 13.2 Å². The standard InChI is InChI=1S/C10H12F3NO/c1-7-2-3-8(14)6-9(7)15-5-4-10(11,12)13/h2-3,6H,4-5,14H2,1H3. The van der Waals surface area contributed by atoms with Gasteiger partial charge >= 0.3 is 6.18 Å². The first-order valence-corrected chi connectivity index (χ1v) is 4.44. The third kappa shape index (κ3) is 4.10. The van der Waals surface area contributed by atoms with Crippen molar-refractivity contribution in [2.75, 3.05) is 12.3 Å². The highest BCUT2D eigenvalue weighted by Crippen LogP contribution is 2.23. The number of halogens is 3. The molecule has 1 rings (SSSR count). The van der Waals surface area contributed by atoms with Crippen LogP contribution in [0.5, 0.6) is 5.75 Å². The topological polar surface area (TPSA) is 35.2 Å². The highest BCUT2D eigenvalue weighted by molar-refractivity contribution is 5.47. The second-order valence-corrected chi connectivity index (χ2v) is 3.24. The zero-order chi connectivity index (χ0) is 11.5. The Kier molecular flexibility index (Phi) is 3.44. The minimum atomic E-state index is -4.19. The summed E-state index contributed by atoms with van der Waals surface area (Å²) in [5.74, 6) is 0.402. The van der Waals surface area contributed by atoms with Crippen LogP contribution in [0.3, 0.4) is 0 Å². The Morgan fingerprint density at radius 3 is 2.60 bits per heavy atom. The van der Waals surface area contributed by atoms with E-state index in [-0.39, 0.29) is 6.61 Å². The summed E-state index contributed by atoms with van der Waals surface area (Å²) in [5.41, 5.74) is 6.73. The number of alkyl halides is 3. The average molecular weight is 219 g/mol. The monoisotopic (exact) mass is 219 g/mol. The number of rotatable bonds is 3. The molecule has 0 aliphatic carbocycles. The summed E-state index contributed by atoms with van der Waals surface area (Å²) in [5, 5.41) is 0. The molecule has 84 valence electrons. The molecule has 0 spiro atoms. The molecule has 0 saturated carbocycles. The molecule has 0 atom stereocenters. The molecule has 0 aliphatic heterocycles. The first kappa shape index (κ1) is 11.7. The molecule has 0 saturated heterocycles. The van der Waals surface area contributed by atoms with Crippen molar-refractivity contribution in [1.29, 1.82) is 0 Å². The van der Waals surface area contributed by atoms with E-state index >= 15 is 0 Å². The van der Waals surface area contributed by atoms with E-state index in [2.05, 4.69) is 0 Å². The normalized spacial score (nSPS) is 11.5. The second kappa shape index (κ2) is 4.42. The van der Waals surface area contributed by atoms with Crippen LogP contribution in [-0.4, -0.2) is 12.8 Å².